The van der Waals surface area contributed by atoms with Crippen molar-refractivity contribution in [3.05, 3.63) is 59.2 Å². The molecule has 2 rings (SSSR count). The van der Waals surface area contributed by atoms with E-state index in [-0.39, 0.29) is 23.5 Å². The van der Waals surface area contributed by atoms with Gasteiger partial charge in [0.25, 0.3) is 5.91 Å². The van der Waals surface area contributed by atoms with Gasteiger partial charge in [0.05, 0.1) is 5.56 Å². The molecule has 6 heteroatoms. The van der Waals surface area contributed by atoms with Gasteiger partial charge in [-0.05, 0) is 12.1 Å². The van der Waals surface area contributed by atoms with E-state index in [1.807, 2.05) is 0 Å². The normalized spacial score (nSPS) is 10.4. The minimum atomic E-state index is -1.14. The third kappa shape index (κ3) is 3.10. The van der Waals surface area contributed by atoms with Gasteiger partial charge in [0.15, 0.2) is 11.6 Å². The summed E-state index contributed by atoms with van der Waals surface area (Å²) < 4.78 is 26.2. The first-order valence-electron chi connectivity index (χ1n) is 6.17. The van der Waals surface area contributed by atoms with Crippen molar-refractivity contribution in [3.8, 4) is 5.75 Å². The molecule has 0 bridgehead atoms. The maximum atomic E-state index is 13.2. The van der Waals surface area contributed by atoms with E-state index < -0.39 is 17.5 Å². The molecule has 0 radical (unpaired) electrons. The van der Waals surface area contributed by atoms with Crippen LogP contribution in [-0.4, -0.2) is 23.0 Å². The molecular formula is C15H14F2N2O2. The highest BCUT2D eigenvalue weighted by Crippen LogP contribution is 2.21. The predicted octanol–water partition coefficient (Wildman–Crippen LogP) is 2.52. The van der Waals surface area contributed by atoms with Gasteiger partial charge in [0.2, 0.25) is 0 Å². The molecule has 0 aliphatic carbocycles. The fraction of sp³-hybridized carbons (Fsp3) is 0.133. The van der Waals surface area contributed by atoms with Crippen LogP contribution in [0.3, 0.4) is 0 Å². The number of amides is 1. The van der Waals surface area contributed by atoms with Crippen LogP contribution in [0.2, 0.25) is 0 Å². The lowest BCUT2D eigenvalue weighted by atomic mass is 10.1. The number of anilines is 1. The Bertz CT molecular complexity index is 689. The maximum Gasteiger partial charge on any atom is 0.256 e. The van der Waals surface area contributed by atoms with Crippen molar-refractivity contribution < 1.29 is 18.7 Å². The lowest BCUT2D eigenvalue weighted by molar-refractivity contribution is 0.0785. The molecule has 0 fully saturated rings. The highest BCUT2D eigenvalue weighted by atomic mass is 19.2. The van der Waals surface area contributed by atoms with Crippen molar-refractivity contribution >= 4 is 11.6 Å². The average Bonchev–Trinajstić information content (AvgIpc) is 2.44. The second kappa shape index (κ2) is 5.78. The molecule has 3 N–H and O–H groups in total. The molecule has 0 unspecified atom stereocenters. The van der Waals surface area contributed by atoms with Crippen LogP contribution in [0.5, 0.6) is 5.75 Å². The number of phenols is 1. The first kappa shape index (κ1) is 14.8. The third-order valence-electron chi connectivity index (χ3n) is 3.07. The second-order valence-electron chi connectivity index (χ2n) is 4.64. The Morgan fingerprint density at radius 3 is 2.52 bits per heavy atom. The summed E-state index contributed by atoms with van der Waals surface area (Å²) in [5.74, 6) is -2.75. The van der Waals surface area contributed by atoms with Crippen LogP contribution in [0.1, 0.15) is 15.9 Å². The summed E-state index contributed by atoms with van der Waals surface area (Å²) in [6, 6.07) is 8.09. The zero-order valence-corrected chi connectivity index (χ0v) is 11.3. The summed E-state index contributed by atoms with van der Waals surface area (Å²) in [5, 5.41) is 9.67. The summed E-state index contributed by atoms with van der Waals surface area (Å²) >= 11 is 0. The van der Waals surface area contributed by atoms with Crippen molar-refractivity contribution in [2.24, 2.45) is 0 Å². The largest absolute Gasteiger partial charge is 0.508 e. The SMILES string of the molecule is CN(Cc1ccccc1O)C(=O)c1cc(F)c(F)cc1N. The van der Waals surface area contributed by atoms with E-state index in [0.29, 0.717) is 5.56 Å². The van der Waals surface area contributed by atoms with Gasteiger partial charge in [-0.1, -0.05) is 18.2 Å². The fourth-order valence-corrected chi connectivity index (χ4v) is 1.92. The average molecular weight is 292 g/mol. The van der Waals surface area contributed by atoms with Crippen molar-refractivity contribution in [1.29, 1.82) is 0 Å². The van der Waals surface area contributed by atoms with Crippen molar-refractivity contribution in [2.45, 2.75) is 6.54 Å². The van der Waals surface area contributed by atoms with Gasteiger partial charge in [-0.2, -0.15) is 0 Å². The molecule has 0 spiro atoms. The number of para-hydroxylation sites is 1. The topological polar surface area (TPSA) is 66.6 Å². The maximum absolute atomic E-state index is 13.2. The zero-order valence-electron chi connectivity index (χ0n) is 11.3. The molecule has 21 heavy (non-hydrogen) atoms. The van der Waals surface area contributed by atoms with Gasteiger partial charge in [0, 0.05) is 30.9 Å². The van der Waals surface area contributed by atoms with Crippen molar-refractivity contribution in [2.75, 3.05) is 12.8 Å². The number of halogens is 2. The van der Waals surface area contributed by atoms with E-state index in [1.54, 1.807) is 18.2 Å². The summed E-state index contributed by atoms with van der Waals surface area (Å²) in [7, 11) is 1.48. The number of carbonyl (C=O) groups is 1. The number of nitrogen functional groups attached to an aromatic ring is 1. The van der Waals surface area contributed by atoms with Crippen LogP contribution in [-0.2, 0) is 6.54 Å². The predicted molar refractivity (Wildman–Crippen MR) is 74.7 cm³/mol. The quantitative estimate of drug-likeness (QED) is 0.854. The van der Waals surface area contributed by atoms with Crippen molar-refractivity contribution in [3.63, 3.8) is 0 Å². The number of nitrogens with two attached hydrogens (primary N) is 1. The van der Waals surface area contributed by atoms with Crippen LogP contribution < -0.4 is 5.73 Å². The van der Waals surface area contributed by atoms with Gasteiger partial charge in [-0.15, -0.1) is 0 Å². The lowest BCUT2D eigenvalue weighted by Gasteiger charge is -2.19. The molecule has 110 valence electrons. The molecule has 0 aromatic heterocycles. The Balaban J connectivity index is 2.24. The molecule has 2 aromatic carbocycles. The van der Waals surface area contributed by atoms with E-state index in [1.165, 1.54) is 18.0 Å². The minimum absolute atomic E-state index is 0.0513. The Labute approximate surface area is 120 Å². The summed E-state index contributed by atoms with van der Waals surface area (Å²) in [6.07, 6.45) is 0. The Morgan fingerprint density at radius 1 is 1.24 bits per heavy atom. The number of rotatable bonds is 3. The number of hydrogen-bond acceptors (Lipinski definition) is 3. The molecule has 0 aliphatic heterocycles. The van der Waals surface area contributed by atoms with Crippen LogP contribution in [0, 0.1) is 11.6 Å². The van der Waals surface area contributed by atoms with E-state index in [9.17, 15) is 18.7 Å². The van der Waals surface area contributed by atoms with E-state index >= 15 is 0 Å². The number of phenolic OH excluding ortho intramolecular Hbond substituents is 1. The highest BCUT2D eigenvalue weighted by molar-refractivity contribution is 5.99. The monoisotopic (exact) mass is 292 g/mol. The van der Waals surface area contributed by atoms with Crippen LogP contribution >= 0.6 is 0 Å². The standard InChI is InChI=1S/C15H14F2N2O2/c1-19(8-9-4-2-3-5-14(9)20)15(21)10-6-11(16)12(17)7-13(10)18/h2-7,20H,8,18H2,1H3. The van der Waals surface area contributed by atoms with E-state index in [4.69, 9.17) is 5.73 Å². The third-order valence-corrected chi connectivity index (χ3v) is 3.07. The van der Waals surface area contributed by atoms with Gasteiger partial charge in [-0.25, -0.2) is 8.78 Å². The highest BCUT2D eigenvalue weighted by Gasteiger charge is 2.18. The first-order chi connectivity index (χ1) is 9.90. The minimum Gasteiger partial charge on any atom is -0.508 e. The molecule has 4 nitrogen and oxygen atoms in total. The van der Waals surface area contributed by atoms with Crippen molar-refractivity contribution in [1.82, 2.24) is 4.90 Å². The van der Waals surface area contributed by atoms with Crippen LogP contribution in [0.15, 0.2) is 36.4 Å². The fourth-order valence-electron chi connectivity index (χ4n) is 1.92. The molecule has 0 saturated heterocycles. The number of nitrogens with zero attached hydrogens (tertiary/aromatic N) is 1. The lowest BCUT2D eigenvalue weighted by Crippen LogP contribution is -2.27. The summed E-state index contributed by atoms with van der Waals surface area (Å²) in [6.45, 7) is 0.115. The van der Waals surface area contributed by atoms with Gasteiger partial charge >= 0.3 is 0 Å². The molecule has 0 saturated carbocycles. The molecule has 0 aliphatic rings. The first-order valence-corrected chi connectivity index (χ1v) is 6.17. The molecular weight excluding hydrogens is 278 g/mol. The Morgan fingerprint density at radius 2 is 1.86 bits per heavy atom. The van der Waals surface area contributed by atoms with Gasteiger partial charge in [0.1, 0.15) is 5.75 Å². The van der Waals surface area contributed by atoms with E-state index in [0.717, 1.165) is 12.1 Å². The number of hydrogen-bond donors (Lipinski definition) is 2. The number of carbonyl (C=O) groups excluding carboxylic acids is 1. The van der Waals surface area contributed by atoms with Gasteiger partial charge < -0.3 is 15.7 Å². The molecule has 0 atom stereocenters. The number of aromatic hydroxyl groups is 1. The second-order valence-corrected chi connectivity index (χ2v) is 4.64. The Hall–Kier alpha value is -2.63. The van der Waals surface area contributed by atoms with Gasteiger partial charge in [-0.3, -0.25) is 4.79 Å². The zero-order chi connectivity index (χ0) is 15.6. The van der Waals surface area contributed by atoms with Crippen LogP contribution in [0.4, 0.5) is 14.5 Å². The summed E-state index contributed by atoms with van der Waals surface area (Å²) in [4.78, 5) is 13.5. The van der Waals surface area contributed by atoms with Crippen LogP contribution in [0.25, 0.3) is 0 Å². The smallest absolute Gasteiger partial charge is 0.256 e. The summed E-state index contributed by atoms with van der Waals surface area (Å²) in [5.41, 5.74) is 5.83. The Kier molecular flexibility index (Phi) is 4.07. The number of benzene rings is 2. The van der Waals surface area contributed by atoms with E-state index in [2.05, 4.69) is 0 Å². The molecule has 2 aromatic rings. The molecule has 1 amide bonds. The molecule has 0 heterocycles.